The minimum absolute atomic E-state index is 0.120. The standard InChI is InChI=1S/C22H33N3O3/c26-21(27)20-10-15-25(17-20)22(28)23-11-4-5-12-24-13-8-19(9-14-24)16-18-6-2-1-3-7-18/h1-3,6-7,19-20H,4-5,8-17H2,(H,23,28)(H,26,27). The average Bonchev–Trinajstić information content (AvgIpc) is 3.20. The summed E-state index contributed by atoms with van der Waals surface area (Å²) in [4.78, 5) is 27.2. The van der Waals surface area contributed by atoms with Gasteiger partial charge in [0.1, 0.15) is 0 Å². The second kappa shape index (κ2) is 10.5. The number of carboxylic acids is 1. The van der Waals surface area contributed by atoms with Gasteiger partial charge in [-0.2, -0.15) is 0 Å². The Bertz CT molecular complexity index is 629. The molecule has 1 aromatic rings. The number of aliphatic carboxylic acids is 1. The van der Waals surface area contributed by atoms with E-state index in [1.807, 2.05) is 0 Å². The van der Waals surface area contributed by atoms with E-state index in [1.54, 1.807) is 4.90 Å². The number of hydrogen-bond acceptors (Lipinski definition) is 3. The highest BCUT2D eigenvalue weighted by Gasteiger charge is 2.30. The first-order valence-electron chi connectivity index (χ1n) is 10.6. The number of amides is 2. The first-order valence-corrected chi connectivity index (χ1v) is 10.6. The van der Waals surface area contributed by atoms with E-state index in [0.29, 0.717) is 26.1 Å². The van der Waals surface area contributed by atoms with E-state index in [1.165, 1.54) is 37.9 Å². The van der Waals surface area contributed by atoms with Crippen LogP contribution in [0, 0.1) is 11.8 Å². The Morgan fingerprint density at radius 1 is 1.04 bits per heavy atom. The fourth-order valence-corrected chi connectivity index (χ4v) is 4.28. The minimum Gasteiger partial charge on any atom is -0.481 e. The summed E-state index contributed by atoms with van der Waals surface area (Å²) in [6.45, 7) is 4.98. The fraction of sp³-hybridized carbons (Fsp3) is 0.636. The van der Waals surface area contributed by atoms with Crippen molar-refractivity contribution in [3.8, 4) is 0 Å². The number of benzene rings is 1. The molecule has 0 saturated carbocycles. The Balaban J connectivity index is 1.23. The Morgan fingerprint density at radius 3 is 2.46 bits per heavy atom. The summed E-state index contributed by atoms with van der Waals surface area (Å²) in [5.41, 5.74) is 1.45. The Hall–Kier alpha value is -2.08. The van der Waals surface area contributed by atoms with Crippen LogP contribution in [0.25, 0.3) is 0 Å². The number of carbonyl (C=O) groups is 2. The highest BCUT2D eigenvalue weighted by Crippen LogP contribution is 2.22. The number of carboxylic acid groups (broad SMARTS) is 1. The zero-order valence-corrected chi connectivity index (χ0v) is 16.7. The molecule has 2 amide bonds. The number of piperidine rings is 1. The van der Waals surface area contributed by atoms with E-state index in [4.69, 9.17) is 5.11 Å². The zero-order chi connectivity index (χ0) is 19.8. The molecular formula is C22H33N3O3. The van der Waals surface area contributed by atoms with E-state index < -0.39 is 11.9 Å². The van der Waals surface area contributed by atoms with Gasteiger partial charge in [0, 0.05) is 19.6 Å². The molecule has 28 heavy (non-hydrogen) atoms. The number of nitrogens with one attached hydrogen (secondary N) is 1. The third-order valence-electron chi connectivity index (χ3n) is 6.08. The topological polar surface area (TPSA) is 72.9 Å². The predicted octanol–water partition coefficient (Wildman–Crippen LogP) is 2.84. The maximum atomic E-state index is 12.1. The van der Waals surface area contributed by atoms with Crippen molar-refractivity contribution in [2.24, 2.45) is 11.8 Å². The lowest BCUT2D eigenvalue weighted by Gasteiger charge is -2.32. The van der Waals surface area contributed by atoms with E-state index in [9.17, 15) is 9.59 Å². The van der Waals surface area contributed by atoms with Gasteiger partial charge in [0.2, 0.25) is 0 Å². The van der Waals surface area contributed by atoms with E-state index in [2.05, 4.69) is 40.5 Å². The van der Waals surface area contributed by atoms with Gasteiger partial charge in [-0.05, 0) is 69.6 Å². The van der Waals surface area contributed by atoms with Gasteiger partial charge in [-0.25, -0.2) is 4.79 Å². The van der Waals surface area contributed by atoms with Gasteiger partial charge in [0.25, 0.3) is 0 Å². The SMILES string of the molecule is O=C(O)C1CCN(C(=O)NCCCCN2CCC(Cc3ccccc3)CC2)C1. The van der Waals surface area contributed by atoms with Crippen molar-refractivity contribution in [1.82, 2.24) is 15.1 Å². The van der Waals surface area contributed by atoms with Crippen molar-refractivity contribution in [3.05, 3.63) is 35.9 Å². The van der Waals surface area contributed by atoms with Crippen molar-refractivity contribution >= 4 is 12.0 Å². The van der Waals surface area contributed by atoms with Crippen LogP contribution in [0.5, 0.6) is 0 Å². The summed E-state index contributed by atoms with van der Waals surface area (Å²) in [5.74, 6) is -0.411. The highest BCUT2D eigenvalue weighted by molar-refractivity contribution is 5.77. The van der Waals surface area contributed by atoms with Crippen LogP contribution < -0.4 is 5.32 Å². The molecule has 6 heteroatoms. The van der Waals surface area contributed by atoms with Gasteiger partial charge in [0.15, 0.2) is 0 Å². The molecule has 154 valence electrons. The molecule has 0 spiro atoms. The molecular weight excluding hydrogens is 354 g/mol. The molecule has 0 radical (unpaired) electrons. The first kappa shape index (κ1) is 20.6. The lowest BCUT2D eigenvalue weighted by molar-refractivity contribution is -0.141. The molecule has 3 rings (SSSR count). The van der Waals surface area contributed by atoms with Gasteiger partial charge < -0.3 is 20.2 Å². The Kier molecular flexibility index (Phi) is 7.71. The zero-order valence-electron chi connectivity index (χ0n) is 16.7. The maximum absolute atomic E-state index is 12.1. The normalized spacial score (nSPS) is 21.0. The number of hydrogen-bond donors (Lipinski definition) is 2. The number of nitrogens with zero attached hydrogens (tertiary/aromatic N) is 2. The molecule has 2 heterocycles. The van der Waals surface area contributed by atoms with Crippen LogP contribution in [0.4, 0.5) is 4.79 Å². The van der Waals surface area contributed by atoms with Crippen LogP contribution in [-0.4, -0.2) is 66.2 Å². The largest absolute Gasteiger partial charge is 0.481 e. The van der Waals surface area contributed by atoms with Crippen LogP contribution in [0.3, 0.4) is 0 Å². The number of unbranched alkanes of at least 4 members (excludes halogenated alkanes) is 1. The van der Waals surface area contributed by atoms with E-state index >= 15 is 0 Å². The Morgan fingerprint density at radius 2 is 1.79 bits per heavy atom. The second-order valence-corrected chi connectivity index (χ2v) is 8.18. The van der Waals surface area contributed by atoms with Crippen molar-refractivity contribution in [2.75, 3.05) is 39.3 Å². The van der Waals surface area contributed by atoms with Crippen LogP contribution >= 0.6 is 0 Å². The second-order valence-electron chi connectivity index (χ2n) is 8.18. The molecule has 6 nitrogen and oxygen atoms in total. The molecule has 2 aliphatic heterocycles. The third kappa shape index (κ3) is 6.23. The summed E-state index contributed by atoms with van der Waals surface area (Å²) in [6.07, 6.45) is 6.34. The average molecular weight is 388 g/mol. The molecule has 2 aliphatic rings. The maximum Gasteiger partial charge on any atom is 0.317 e. The summed E-state index contributed by atoms with van der Waals surface area (Å²) < 4.78 is 0. The van der Waals surface area contributed by atoms with Crippen LogP contribution in [-0.2, 0) is 11.2 Å². The van der Waals surface area contributed by atoms with Gasteiger partial charge in [-0.15, -0.1) is 0 Å². The molecule has 1 atom stereocenters. The Labute approximate surface area is 167 Å². The molecule has 1 unspecified atom stereocenters. The summed E-state index contributed by atoms with van der Waals surface area (Å²) in [7, 11) is 0. The molecule has 2 N–H and O–H groups in total. The fourth-order valence-electron chi connectivity index (χ4n) is 4.28. The lowest BCUT2D eigenvalue weighted by atomic mass is 9.90. The third-order valence-corrected chi connectivity index (χ3v) is 6.08. The van der Waals surface area contributed by atoms with Crippen molar-refractivity contribution in [1.29, 1.82) is 0 Å². The lowest BCUT2D eigenvalue weighted by Crippen LogP contribution is -2.39. The van der Waals surface area contributed by atoms with Crippen molar-refractivity contribution in [2.45, 2.75) is 38.5 Å². The van der Waals surface area contributed by atoms with Crippen LogP contribution in [0.15, 0.2) is 30.3 Å². The van der Waals surface area contributed by atoms with Crippen LogP contribution in [0.1, 0.15) is 37.7 Å². The molecule has 2 fully saturated rings. The quantitative estimate of drug-likeness (QED) is 0.673. The van der Waals surface area contributed by atoms with Gasteiger partial charge in [-0.1, -0.05) is 30.3 Å². The molecule has 2 saturated heterocycles. The van der Waals surface area contributed by atoms with Crippen LogP contribution in [0.2, 0.25) is 0 Å². The van der Waals surface area contributed by atoms with Crippen molar-refractivity contribution < 1.29 is 14.7 Å². The summed E-state index contributed by atoms with van der Waals surface area (Å²) in [5, 5.41) is 11.9. The van der Waals surface area contributed by atoms with Gasteiger partial charge in [0.05, 0.1) is 5.92 Å². The highest BCUT2D eigenvalue weighted by atomic mass is 16.4. The smallest absolute Gasteiger partial charge is 0.317 e. The van der Waals surface area contributed by atoms with E-state index in [0.717, 1.165) is 25.3 Å². The van der Waals surface area contributed by atoms with Crippen molar-refractivity contribution in [3.63, 3.8) is 0 Å². The molecule has 1 aromatic carbocycles. The van der Waals surface area contributed by atoms with Gasteiger partial charge in [-0.3, -0.25) is 4.79 Å². The number of likely N-dealkylation sites (tertiary alicyclic amines) is 2. The van der Waals surface area contributed by atoms with Gasteiger partial charge >= 0.3 is 12.0 Å². The number of urea groups is 1. The minimum atomic E-state index is -0.803. The van der Waals surface area contributed by atoms with E-state index in [-0.39, 0.29) is 6.03 Å². The summed E-state index contributed by atoms with van der Waals surface area (Å²) in [6, 6.07) is 10.7. The molecule has 0 aliphatic carbocycles. The number of rotatable bonds is 8. The summed E-state index contributed by atoms with van der Waals surface area (Å²) >= 11 is 0. The number of carbonyl (C=O) groups excluding carboxylic acids is 1. The monoisotopic (exact) mass is 387 g/mol. The first-order chi connectivity index (χ1) is 13.6. The molecule has 0 aromatic heterocycles. The molecule has 0 bridgehead atoms. The predicted molar refractivity (Wildman–Crippen MR) is 109 cm³/mol.